The van der Waals surface area contributed by atoms with Crippen LogP contribution >= 0.6 is 0 Å². The smallest absolute Gasteiger partial charge is 0.167 e. The Labute approximate surface area is 149 Å². The van der Waals surface area contributed by atoms with E-state index in [2.05, 4.69) is 5.32 Å². The Morgan fingerprint density at radius 2 is 1.88 bits per heavy atom. The lowest BCUT2D eigenvalue weighted by Gasteiger charge is -2.39. The van der Waals surface area contributed by atoms with Crippen LogP contribution in [0.4, 0.5) is 0 Å². The summed E-state index contributed by atoms with van der Waals surface area (Å²) in [4.78, 5) is 25.6. The van der Waals surface area contributed by atoms with Crippen molar-refractivity contribution in [3.63, 3.8) is 0 Å². The van der Waals surface area contributed by atoms with Crippen LogP contribution in [0.5, 0.6) is 5.75 Å². The molecule has 25 heavy (non-hydrogen) atoms. The van der Waals surface area contributed by atoms with Crippen LogP contribution in [0, 0.1) is 5.41 Å². The normalized spacial score (nSPS) is 22.4. The van der Waals surface area contributed by atoms with Gasteiger partial charge in [-0.1, -0.05) is 26.0 Å². The Morgan fingerprint density at radius 3 is 2.44 bits per heavy atom. The van der Waals surface area contributed by atoms with E-state index in [0.717, 1.165) is 41.1 Å². The third-order valence-corrected chi connectivity index (χ3v) is 5.33. The van der Waals surface area contributed by atoms with Crippen molar-refractivity contribution in [3.8, 4) is 5.75 Å². The van der Waals surface area contributed by atoms with Crippen molar-refractivity contribution in [1.29, 1.82) is 0 Å². The molecule has 0 spiro atoms. The standard InChI is InChI=1S/C21H25NO3/c1-12-17(13(2)23)18(14-6-8-15(25-5)9-7-14)19-16(22-12)10-11-21(3,4)20(19)24/h6-9,18,22H,10-11H2,1-5H3. The molecule has 132 valence electrons. The van der Waals surface area contributed by atoms with E-state index in [4.69, 9.17) is 4.74 Å². The number of carbonyl (C=O) groups excluding carboxylic acids is 2. The zero-order valence-corrected chi connectivity index (χ0v) is 15.5. The fourth-order valence-corrected chi connectivity index (χ4v) is 3.87. The summed E-state index contributed by atoms with van der Waals surface area (Å²) in [5, 5.41) is 3.33. The van der Waals surface area contributed by atoms with Gasteiger partial charge in [0.15, 0.2) is 11.6 Å². The van der Waals surface area contributed by atoms with Crippen LogP contribution in [-0.4, -0.2) is 18.7 Å². The number of ketones is 2. The Hall–Kier alpha value is -2.36. The van der Waals surface area contributed by atoms with Crippen LogP contribution in [0.1, 0.15) is 52.0 Å². The summed E-state index contributed by atoms with van der Waals surface area (Å²) in [6, 6.07) is 7.65. The molecule has 0 saturated carbocycles. The van der Waals surface area contributed by atoms with Crippen LogP contribution in [0.3, 0.4) is 0 Å². The third kappa shape index (κ3) is 2.90. The van der Waals surface area contributed by atoms with Gasteiger partial charge in [0.1, 0.15) is 5.75 Å². The molecule has 0 bridgehead atoms. The predicted molar refractivity (Wildman–Crippen MR) is 97.3 cm³/mol. The maximum absolute atomic E-state index is 13.2. The second-order valence-electron chi connectivity index (χ2n) is 7.53. The summed E-state index contributed by atoms with van der Waals surface area (Å²) in [6.45, 7) is 7.47. The summed E-state index contributed by atoms with van der Waals surface area (Å²) < 4.78 is 5.24. The van der Waals surface area contributed by atoms with Crippen molar-refractivity contribution in [3.05, 3.63) is 52.4 Å². The molecule has 0 aromatic heterocycles. The van der Waals surface area contributed by atoms with Gasteiger partial charge in [-0.25, -0.2) is 0 Å². The molecule has 1 aromatic carbocycles. The maximum Gasteiger partial charge on any atom is 0.167 e. The number of allylic oxidation sites excluding steroid dienone is 4. The highest BCUT2D eigenvalue weighted by molar-refractivity contribution is 6.07. The molecule has 1 heterocycles. The molecule has 3 rings (SSSR count). The van der Waals surface area contributed by atoms with Gasteiger partial charge in [0, 0.05) is 33.9 Å². The molecule has 1 aliphatic heterocycles. The van der Waals surface area contributed by atoms with E-state index < -0.39 is 5.41 Å². The highest BCUT2D eigenvalue weighted by atomic mass is 16.5. The Morgan fingerprint density at radius 1 is 1.24 bits per heavy atom. The van der Waals surface area contributed by atoms with Gasteiger partial charge < -0.3 is 10.1 Å². The van der Waals surface area contributed by atoms with Gasteiger partial charge >= 0.3 is 0 Å². The largest absolute Gasteiger partial charge is 0.497 e. The van der Waals surface area contributed by atoms with Gasteiger partial charge in [0.05, 0.1) is 7.11 Å². The highest BCUT2D eigenvalue weighted by Gasteiger charge is 2.43. The number of dihydropyridines is 1. The monoisotopic (exact) mass is 339 g/mol. The Kier molecular flexibility index (Phi) is 4.31. The zero-order valence-electron chi connectivity index (χ0n) is 15.5. The molecule has 0 radical (unpaired) electrons. The molecule has 1 aromatic rings. The lowest BCUT2D eigenvalue weighted by atomic mass is 9.67. The second kappa shape index (κ2) is 6.17. The minimum absolute atomic E-state index is 0.00597. The number of Topliss-reactive ketones (excluding diaryl/α,β-unsaturated/α-hetero) is 2. The molecule has 4 nitrogen and oxygen atoms in total. The molecule has 0 saturated heterocycles. The SMILES string of the molecule is COc1ccc(C2C(C(C)=O)=C(C)NC3=C2C(=O)C(C)(C)CC3)cc1. The average Bonchev–Trinajstić information content (AvgIpc) is 2.57. The fourth-order valence-electron chi connectivity index (χ4n) is 3.87. The molecule has 1 N–H and O–H groups in total. The molecular weight excluding hydrogens is 314 g/mol. The number of methoxy groups -OCH3 is 1. The van der Waals surface area contributed by atoms with E-state index in [0.29, 0.717) is 5.57 Å². The highest BCUT2D eigenvalue weighted by Crippen LogP contribution is 2.46. The van der Waals surface area contributed by atoms with Crippen LogP contribution in [-0.2, 0) is 9.59 Å². The first kappa shape index (κ1) is 17.5. The topological polar surface area (TPSA) is 55.4 Å². The first-order valence-corrected chi connectivity index (χ1v) is 8.67. The van der Waals surface area contributed by atoms with Gasteiger partial charge in [0.25, 0.3) is 0 Å². The average molecular weight is 339 g/mol. The van der Waals surface area contributed by atoms with E-state index in [1.807, 2.05) is 45.0 Å². The number of carbonyl (C=O) groups is 2. The lowest BCUT2D eigenvalue weighted by Crippen LogP contribution is -2.40. The van der Waals surface area contributed by atoms with E-state index in [1.54, 1.807) is 14.0 Å². The van der Waals surface area contributed by atoms with Gasteiger partial charge in [0.2, 0.25) is 0 Å². The summed E-state index contributed by atoms with van der Waals surface area (Å²) in [6.07, 6.45) is 1.64. The lowest BCUT2D eigenvalue weighted by molar-refractivity contribution is -0.124. The molecule has 2 aliphatic rings. The zero-order chi connectivity index (χ0) is 18.4. The van der Waals surface area contributed by atoms with E-state index in [9.17, 15) is 9.59 Å². The minimum Gasteiger partial charge on any atom is -0.497 e. The summed E-state index contributed by atoms with van der Waals surface area (Å²) in [7, 11) is 1.62. The summed E-state index contributed by atoms with van der Waals surface area (Å²) in [5.41, 5.74) is 3.78. The molecule has 1 aliphatic carbocycles. The van der Waals surface area contributed by atoms with Gasteiger partial charge in [-0.15, -0.1) is 0 Å². The van der Waals surface area contributed by atoms with Crippen molar-refractivity contribution in [1.82, 2.24) is 5.32 Å². The number of rotatable bonds is 3. The Bertz CT molecular complexity index is 797. The van der Waals surface area contributed by atoms with Gasteiger partial charge in [-0.05, 0) is 44.4 Å². The third-order valence-electron chi connectivity index (χ3n) is 5.33. The van der Waals surface area contributed by atoms with E-state index in [1.165, 1.54) is 0 Å². The van der Waals surface area contributed by atoms with E-state index in [-0.39, 0.29) is 17.5 Å². The summed E-state index contributed by atoms with van der Waals surface area (Å²) in [5.74, 6) is 0.570. The van der Waals surface area contributed by atoms with Crippen molar-refractivity contribution in [2.45, 2.75) is 46.5 Å². The summed E-state index contributed by atoms with van der Waals surface area (Å²) >= 11 is 0. The first-order chi connectivity index (χ1) is 11.8. The molecule has 1 atom stereocenters. The number of hydrogen-bond donors (Lipinski definition) is 1. The van der Waals surface area contributed by atoms with Gasteiger partial charge in [-0.3, -0.25) is 9.59 Å². The molecule has 1 unspecified atom stereocenters. The van der Waals surface area contributed by atoms with Crippen molar-refractivity contribution >= 4 is 11.6 Å². The quantitative estimate of drug-likeness (QED) is 0.908. The van der Waals surface area contributed by atoms with E-state index >= 15 is 0 Å². The Balaban J connectivity index is 2.19. The first-order valence-electron chi connectivity index (χ1n) is 8.67. The maximum atomic E-state index is 13.2. The number of hydrogen-bond acceptors (Lipinski definition) is 4. The predicted octanol–water partition coefficient (Wildman–Crippen LogP) is 3.89. The second-order valence-corrected chi connectivity index (χ2v) is 7.53. The van der Waals surface area contributed by atoms with Crippen LogP contribution < -0.4 is 10.1 Å². The van der Waals surface area contributed by atoms with Crippen LogP contribution in [0.2, 0.25) is 0 Å². The number of nitrogens with one attached hydrogen (secondary N) is 1. The molecular formula is C21H25NO3. The molecule has 4 heteroatoms. The fraction of sp³-hybridized carbons (Fsp3) is 0.429. The molecule has 0 amide bonds. The number of benzene rings is 1. The van der Waals surface area contributed by atoms with Gasteiger partial charge in [-0.2, -0.15) is 0 Å². The van der Waals surface area contributed by atoms with Crippen molar-refractivity contribution in [2.24, 2.45) is 5.41 Å². The minimum atomic E-state index is -0.404. The van der Waals surface area contributed by atoms with Crippen LogP contribution in [0.15, 0.2) is 46.8 Å². The molecule has 0 fully saturated rings. The van der Waals surface area contributed by atoms with Crippen molar-refractivity contribution < 1.29 is 14.3 Å². The van der Waals surface area contributed by atoms with Crippen molar-refractivity contribution in [2.75, 3.05) is 7.11 Å². The van der Waals surface area contributed by atoms with Crippen LogP contribution in [0.25, 0.3) is 0 Å². The number of ether oxygens (including phenoxy) is 1.